The lowest BCUT2D eigenvalue weighted by molar-refractivity contribution is -0.139. The molecule has 1 atom stereocenters. The average molecular weight is 439 g/mol. The molecule has 1 unspecified atom stereocenters. The molecule has 2 aromatic carbocycles. The van der Waals surface area contributed by atoms with Crippen LogP contribution in [0.5, 0.6) is 0 Å². The summed E-state index contributed by atoms with van der Waals surface area (Å²) in [6.07, 6.45) is 1.79. The number of halogens is 2. The average Bonchev–Trinajstić information content (AvgIpc) is 2.69. The van der Waals surface area contributed by atoms with E-state index in [1.165, 1.54) is 12.1 Å². The van der Waals surface area contributed by atoms with Crippen LogP contribution in [0.4, 0.5) is 0 Å². The van der Waals surface area contributed by atoms with Crippen LogP contribution in [0.2, 0.25) is 10.0 Å². The number of esters is 1. The molecule has 0 saturated carbocycles. The van der Waals surface area contributed by atoms with Crippen molar-refractivity contribution in [3.8, 4) is 0 Å². The maximum Gasteiger partial charge on any atom is 0.337 e. The molecule has 1 aliphatic heterocycles. The normalized spacial score (nSPS) is 16.6. The van der Waals surface area contributed by atoms with Gasteiger partial charge < -0.3 is 14.1 Å². The number of aliphatic hydroxyl groups excluding tert-OH is 1. The standard InChI is InChI=1S/C20H20Cl2N2O3S/c1-2-27-20(26)17-11-24(10-13-3-5-14(12-25)6-4-13)28-23-19(17)16-8-7-15(21)9-18(16)22/h3-9,11,19,23,25H,2,10,12H2,1H3. The van der Waals surface area contributed by atoms with Crippen LogP contribution in [-0.2, 0) is 22.7 Å². The minimum Gasteiger partial charge on any atom is -0.463 e. The SMILES string of the molecule is CCOC(=O)C1=CN(Cc2ccc(CO)cc2)SNC1c1ccc(Cl)cc1Cl. The topological polar surface area (TPSA) is 61.8 Å². The van der Waals surface area contributed by atoms with Crippen molar-refractivity contribution in [1.82, 2.24) is 9.03 Å². The van der Waals surface area contributed by atoms with Crippen molar-refractivity contribution >= 4 is 41.3 Å². The molecule has 5 nitrogen and oxygen atoms in total. The van der Waals surface area contributed by atoms with Crippen molar-refractivity contribution in [3.05, 3.63) is 81.0 Å². The van der Waals surface area contributed by atoms with Crippen LogP contribution in [0, 0.1) is 0 Å². The predicted octanol–water partition coefficient (Wildman–Crippen LogP) is 4.64. The maximum atomic E-state index is 12.6. The fourth-order valence-electron chi connectivity index (χ4n) is 2.80. The van der Waals surface area contributed by atoms with E-state index in [4.69, 9.17) is 33.0 Å². The number of ether oxygens (including phenoxy) is 1. The number of aliphatic hydroxyl groups is 1. The van der Waals surface area contributed by atoms with Gasteiger partial charge in [-0.3, -0.25) is 0 Å². The van der Waals surface area contributed by atoms with Gasteiger partial charge in [-0.15, -0.1) is 0 Å². The Bertz CT molecular complexity index is 874. The highest BCUT2D eigenvalue weighted by Gasteiger charge is 2.30. The molecule has 1 heterocycles. The summed E-state index contributed by atoms with van der Waals surface area (Å²) >= 11 is 13.7. The highest BCUT2D eigenvalue weighted by molar-refractivity contribution is 7.95. The Morgan fingerprint density at radius 1 is 1.21 bits per heavy atom. The quantitative estimate of drug-likeness (QED) is 0.505. The van der Waals surface area contributed by atoms with Crippen LogP contribution in [0.25, 0.3) is 0 Å². The summed E-state index contributed by atoms with van der Waals surface area (Å²) in [7, 11) is 0. The van der Waals surface area contributed by atoms with Gasteiger partial charge in [-0.2, -0.15) is 0 Å². The molecular formula is C20H20Cl2N2O3S. The molecule has 0 radical (unpaired) electrons. The van der Waals surface area contributed by atoms with Gasteiger partial charge in [0.1, 0.15) is 0 Å². The molecule has 8 heteroatoms. The Morgan fingerprint density at radius 3 is 2.57 bits per heavy atom. The zero-order chi connectivity index (χ0) is 20.1. The van der Waals surface area contributed by atoms with Crippen molar-refractivity contribution in [2.45, 2.75) is 26.1 Å². The smallest absolute Gasteiger partial charge is 0.337 e. The van der Waals surface area contributed by atoms with Crippen LogP contribution in [0.1, 0.15) is 29.7 Å². The highest BCUT2D eigenvalue weighted by atomic mass is 35.5. The van der Waals surface area contributed by atoms with Crippen LogP contribution >= 0.6 is 35.3 Å². The second-order valence-corrected chi connectivity index (χ2v) is 7.89. The molecule has 0 aromatic heterocycles. The second-order valence-electron chi connectivity index (χ2n) is 6.16. The first-order valence-electron chi connectivity index (χ1n) is 8.73. The van der Waals surface area contributed by atoms with Gasteiger partial charge in [0.2, 0.25) is 0 Å². The molecule has 0 fully saturated rings. The lowest BCUT2D eigenvalue weighted by Gasteiger charge is -2.31. The zero-order valence-corrected chi connectivity index (χ0v) is 17.5. The Morgan fingerprint density at radius 2 is 1.93 bits per heavy atom. The number of hydrogen-bond acceptors (Lipinski definition) is 6. The van der Waals surface area contributed by atoms with Gasteiger partial charge in [-0.05, 0) is 35.7 Å². The first kappa shape index (κ1) is 21.0. The molecule has 2 aromatic rings. The van der Waals surface area contributed by atoms with Gasteiger partial charge >= 0.3 is 5.97 Å². The number of hydrogen-bond donors (Lipinski definition) is 2. The van der Waals surface area contributed by atoms with Crippen molar-refractivity contribution in [3.63, 3.8) is 0 Å². The minimum atomic E-state index is -0.415. The fourth-order valence-corrected chi connectivity index (χ4v) is 4.19. The number of nitrogens with zero attached hydrogens (tertiary/aromatic N) is 1. The lowest BCUT2D eigenvalue weighted by Crippen LogP contribution is -2.32. The van der Waals surface area contributed by atoms with Crippen LogP contribution in [-0.4, -0.2) is 22.0 Å². The van der Waals surface area contributed by atoms with Crippen LogP contribution in [0.15, 0.2) is 54.2 Å². The van der Waals surface area contributed by atoms with E-state index in [0.717, 1.165) is 16.7 Å². The number of nitrogens with one attached hydrogen (secondary N) is 1. The predicted molar refractivity (Wildman–Crippen MR) is 113 cm³/mol. The monoisotopic (exact) mass is 438 g/mol. The van der Waals surface area contributed by atoms with E-state index in [9.17, 15) is 4.79 Å². The molecule has 0 bridgehead atoms. The van der Waals surface area contributed by atoms with E-state index in [-0.39, 0.29) is 13.2 Å². The molecule has 148 valence electrons. The van der Waals surface area contributed by atoms with Gasteiger partial charge in [0.05, 0.1) is 31.4 Å². The Labute approximate surface area is 178 Å². The van der Waals surface area contributed by atoms with E-state index < -0.39 is 12.0 Å². The van der Waals surface area contributed by atoms with Gasteiger partial charge in [0.25, 0.3) is 0 Å². The van der Waals surface area contributed by atoms with Crippen molar-refractivity contribution < 1.29 is 14.6 Å². The lowest BCUT2D eigenvalue weighted by atomic mass is 10.00. The van der Waals surface area contributed by atoms with Gasteiger partial charge in [0, 0.05) is 28.4 Å². The molecule has 3 rings (SSSR count). The molecule has 28 heavy (non-hydrogen) atoms. The van der Waals surface area contributed by atoms with E-state index in [1.807, 2.05) is 28.6 Å². The number of benzene rings is 2. The van der Waals surface area contributed by atoms with Crippen molar-refractivity contribution in [2.75, 3.05) is 6.61 Å². The van der Waals surface area contributed by atoms with Gasteiger partial charge in [0.15, 0.2) is 0 Å². The summed E-state index contributed by atoms with van der Waals surface area (Å²) in [4.78, 5) is 12.6. The second kappa shape index (κ2) is 9.67. The first-order chi connectivity index (χ1) is 13.5. The first-order valence-corrected chi connectivity index (χ1v) is 10.3. The molecule has 0 spiro atoms. The van der Waals surface area contributed by atoms with Crippen LogP contribution < -0.4 is 4.72 Å². The van der Waals surface area contributed by atoms with Gasteiger partial charge in [-0.1, -0.05) is 53.5 Å². The molecular weight excluding hydrogens is 419 g/mol. The fraction of sp³-hybridized carbons (Fsp3) is 0.250. The summed E-state index contributed by atoms with van der Waals surface area (Å²) < 4.78 is 10.4. The molecule has 2 N–H and O–H groups in total. The summed E-state index contributed by atoms with van der Waals surface area (Å²) in [5.74, 6) is -0.396. The minimum absolute atomic E-state index is 0.0107. The summed E-state index contributed by atoms with van der Waals surface area (Å²) in [6.45, 7) is 2.64. The largest absolute Gasteiger partial charge is 0.463 e. The Hall–Kier alpha value is -1.70. The van der Waals surface area contributed by atoms with E-state index in [1.54, 1.807) is 31.3 Å². The number of carbonyl (C=O) groups excluding carboxylic acids is 1. The third-order valence-corrected chi connectivity index (χ3v) is 5.58. The van der Waals surface area contributed by atoms with E-state index in [2.05, 4.69) is 4.72 Å². The summed E-state index contributed by atoms with van der Waals surface area (Å²) in [5, 5.41) is 10.2. The van der Waals surface area contributed by atoms with Crippen molar-refractivity contribution in [2.24, 2.45) is 0 Å². The molecule has 1 aliphatic rings. The third kappa shape index (κ3) is 5.01. The maximum absolute atomic E-state index is 12.6. The number of carbonyl (C=O) groups is 1. The van der Waals surface area contributed by atoms with Crippen LogP contribution in [0.3, 0.4) is 0 Å². The summed E-state index contributed by atoms with van der Waals surface area (Å²) in [6, 6.07) is 12.4. The molecule has 0 aliphatic carbocycles. The van der Waals surface area contributed by atoms with Crippen molar-refractivity contribution in [1.29, 1.82) is 0 Å². The highest BCUT2D eigenvalue weighted by Crippen LogP contribution is 2.36. The third-order valence-electron chi connectivity index (χ3n) is 4.21. The zero-order valence-electron chi connectivity index (χ0n) is 15.2. The Kier molecular flexibility index (Phi) is 7.26. The van der Waals surface area contributed by atoms with E-state index in [0.29, 0.717) is 22.2 Å². The Balaban J connectivity index is 1.87. The number of rotatable bonds is 6. The van der Waals surface area contributed by atoms with E-state index >= 15 is 0 Å². The summed E-state index contributed by atoms with van der Waals surface area (Å²) in [5.41, 5.74) is 3.13. The molecule has 0 amide bonds. The van der Waals surface area contributed by atoms with Gasteiger partial charge in [-0.25, -0.2) is 9.52 Å². The molecule has 0 saturated heterocycles.